The van der Waals surface area contributed by atoms with Crippen LogP contribution in [0.15, 0.2) is 0 Å². The Balaban J connectivity index is 1.43. The predicted octanol–water partition coefficient (Wildman–Crippen LogP) is 3.62. The van der Waals surface area contributed by atoms with Crippen LogP contribution in [0.2, 0.25) is 0 Å². The molecule has 2 saturated carbocycles. The van der Waals surface area contributed by atoms with E-state index in [0.717, 1.165) is 23.9 Å². The normalized spacial score (nSPS) is 46.9. The van der Waals surface area contributed by atoms with Crippen molar-refractivity contribution in [3.8, 4) is 0 Å². The van der Waals surface area contributed by atoms with Crippen LogP contribution in [0, 0.1) is 22.7 Å². The van der Waals surface area contributed by atoms with E-state index in [0.29, 0.717) is 10.8 Å². The largest absolute Gasteiger partial charge is 0.302 e. The van der Waals surface area contributed by atoms with Crippen molar-refractivity contribution < 1.29 is 0 Å². The van der Waals surface area contributed by atoms with Gasteiger partial charge in [0, 0.05) is 37.1 Å². The Hall–Kier alpha value is -0.0800. The summed E-state index contributed by atoms with van der Waals surface area (Å²) in [4.78, 5) is 5.70. The van der Waals surface area contributed by atoms with Crippen molar-refractivity contribution in [2.24, 2.45) is 22.7 Å². The van der Waals surface area contributed by atoms with Gasteiger partial charge < -0.3 is 4.90 Å². The van der Waals surface area contributed by atoms with Gasteiger partial charge in [-0.15, -0.1) is 0 Å². The van der Waals surface area contributed by atoms with E-state index >= 15 is 0 Å². The minimum atomic E-state index is 0.442. The van der Waals surface area contributed by atoms with Gasteiger partial charge in [-0.05, 0) is 49.5 Å². The highest BCUT2D eigenvalue weighted by atomic mass is 15.3. The second-order valence-corrected chi connectivity index (χ2v) is 9.64. The molecule has 1 unspecified atom stereocenters. The molecule has 0 amide bonds. The number of nitrogens with zero attached hydrogens (tertiary/aromatic N) is 2. The molecule has 2 aliphatic heterocycles. The van der Waals surface area contributed by atoms with E-state index in [4.69, 9.17) is 0 Å². The Labute approximate surface area is 131 Å². The molecule has 120 valence electrons. The molecule has 0 aromatic carbocycles. The summed E-state index contributed by atoms with van der Waals surface area (Å²) in [5.74, 6) is 2.11. The first-order chi connectivity index (χ1) is 9.93. The first kappa shape index (κ1) is 14.5. The van der Waals surface area contributed by atoms with E-state index in [2.05, 4.69) is 37.5 Å². The average Bonchev–Trinajstić information content (AvgIpc) is 2.75. The second kappa shape index (κ2) is 4.71. The third-order valence-corrected chi connectivity index (χ3v) is 7.25. The van der Waals surface area contributed by atoms with Gasteiger partial charge in [-0.3, -0.25) is 4.90 Å². The quantitative estimate of drug-likeness (QED) is 0.783. The van der Waals surface area contributed by atoms with Crippen LogP contribution >= 0.6 is 0 Å². The molecule has 2 heteroatoms. The third kappa shape index (κ3) is 2.28. The van der Waals surface area contributed by atoms with E-state index < -0.39 is 0 Å². The van der Waals surface area contributed by atoms with Crippen LogP contribution < -0.4 is 0 Å². The minimum Gasteiger partial charge on any atom is -0.302 e. The Morgan fingerprint density at radius 2 is 1.71 bits per heavy atom. The maximum absolute atomic E-state index is 2.85. The topological polar surface area (TPSA) is 6.48 Å². The van der Waals surface area contributed by atoms with Gasteiger partial charge in [-0.1, -0.05) is 34.1 Å². The Morgan fingerprint density at radius 1 is 1.05 bits per heavy atom. The fourth-order valence-corrected chi connectivity index (χ4v) is 6.12. The summed E-state index contributed by atoms with van der Waals surface area (Å²) in [5.41, 5.74) is 1.12. The molecule has 4 fully saturated rings. The smallest absolute Gasteiger partial charge is 0.0174 e. The molecular formula is C19H34N2. The molecule has 0 radical (unpaired) electrons. The van der Waals surface area contributed by atoms with Crippen molar-refractivity contribution in [3.05, 3.63) is 0 Å². The van der Waals surface area contributed by atoms with E-state index in [-0.39, 0.29) is 0 Å². The molecule has 4 aliphatic rings. The lowest BCUT2D eigenvalue weighted by atomic mass is 9.81. The van der Waals surface area contributed by atoms with Crippen LogP contribution in [-0.4, -0.2) is 48.1 Å². The molecule has 0 N–H and O–H groups in total. The van der Waals surface area contributed by atoms with Crippen molar-refractivity contribution in [2.75, 3.05) is 26.2 Å². The molecule has 2 aliphatic carbocycles. The molecule has 0 aromatic rings. The summed E-state index contributed by atoms with van der Waals surface area (Å²) >= 11 is 0. The summed E-state index contributed by atoms with van der Waals surface area (Å²) in [6.07, 6.45) is 7.49. The summed E-state index contributed by atoms with van der Waals surface area (Å²) in [5, 5.41) is 0. The number of fused-ring (bicyclic) bond motifs is 2. The van der Waals surface area contributed by atoms with E-state index in [1.165, 1.54) is 58.3 Å². The fraction of sp³-hybridized carbons (Fsp3) is 1.00. The maximum atomic E-state index is 2.85. The van der Waals surface area contributed by atoms with Gasteiger partial charge in [0.2, 0.25) is 0 Å². The average molecular weight is 290 g/mol. The molecule has 21 heavy (non-hydrogen) atoms. The third-order valence-electron chi connectivity index (χ3n) is 7.25. The number of piperidine rings is 1. The molecule has 5 atom stereocenters. The number of likely N-dealkylation sites (tertiary alicyclic amines) is 2. The molecular weight excluding hydrogens is 256 g/mol. The summed E-state index contributed by atoms with van der Waals surface area (Å²) in [6.45, 7) is 15.2. The summed E-state index contributed by atoms with van der Waals surface area (Å²) in [7, 11) is 0. The molecule has 2 heterocycles. The highest BCUT2D eigenvalue weighted by Gasteiger charge is 2.65. The Morgan fingerprint density at radius 3 is 2.24 bits per heavy atom. The van der Waals surface area contributed by atoms with Crippen molar-refractivity contribution >= 4 is 0 Å². The van der Waals surface area contributed by atoms with Crippen LogP contribution in [0.4, 0.5) is 0 Å². The minimum absolute atomic E-state index is 0.442. The van der Waals surface area contributed by atoms with Crippen LogP contribution in [0.1, 0.15) is 59.8 Å². The van der Waals surface area contributed by atoms with Crippen molar-refractivity contribution in [3.63, 3.8) is 0 Å². The van der Waals surface area contributed by atoms with Crippen LogP contribution in [0.3, 0.4) is 0 Å². The van der Waals surface area contributed by atoms with E-state index in [9.17, 15) is 0 Å². The lowest BCUT2D eigenvalue weighted by Crippen LogP contribution is -2.41. The monoisotopic (exact) mass is 290 g/mol. The first-order valence-electron chi connectivity index (χ1n) is 9.41. The second-order valence-electron chi connectivity index (χ2n) is 9.64. The van der Waals surface area contributed by atoms with E-state index in [1.807, 2.05) is 0 Å². The Kier molecular flexibility index (Phi) is 3.25. The molecule has 2 saturated heterocycles. The van der Waals surface area contributed by atoms with Gasteiger partial charge >= 0.3 is 0 Å². The molecule has 0 aromatic heterocycles. The van der Waals surface area contributed by atoms with Crippen molar-refractivity contribution in [1.82, 2.24) is 9.80 Å². The molecule has 0 spiro atoms. The van der Waals surface area contributed by atoms with Crippen molar-refractivity contribution in [2.45, 2.75) is 71.9 Å². The highest BCUT2D eigenvalue weighted by Crippen LogP contribution is 2.62. The number of hydrogen-bond donors (Lipinski definition) is 0. The number of rotatable bonds is 3. The lowest BCUT2D eigenvalue weighted by molar-refractivity contribution is 0.120. The van der Waals surface area contributed by atoms with E-state index in [1.54, 1.807) is 0 Å². The summed E-state index contributed by atoms with van der Waals surface area (Å²) < 4.78 is 0. The zero-order valence-corrected chi connectivity index (χ0v) is 14.6. The maximum Gasteiger partial charge on any atom is 0.0174 e. The van der Waals surface area contributed by atoms with Gasteiger partial charge in [0.25, 0.3) is 0 Å². The zero-order chi connectivity index (χ0) is 14.8. The summed E-state index contributed by atoms with van der Waals surface area (Å²) in [6, 6.07) is 1.72. The lowest BCUT2D eigenvalue weighted by Gasteiger charge is -2.37. The van der Waals surface area contributed by atoms with Crippen LogP contribution in [0.25, 0.3) is 0 Å². The molecule has 2 nitrogen and oxygen atoms in total. The first-order valence-corrected chi connectivity index (χ1v) is 9.41. The SMILES string of the molecule is CCN1C(C(C)(C)C)C[C@]2(CN3C[C@H]4CCC[C@H]4C3)C[C@H]12. The van der Waals surface area contributed by atoms with Gasteiger partial charge in [0.15, 0.2) is 0 Å². The van der Waals surface area contributed by atoms with Crippen LogP contribution in [0.5, 0.6) is 0 Å². The standard InChI is InChI=1S/C19H34N2/c1-5-21-16(18(2,3)4)9-19(10-17(19)21)13-20-11-14-7-6-8-15(14)12-20/h14-17H,5-13H2,1-4H3/t14-,15+,16?,17-,19+/m0/s1. The van der Waals surface area contributed by atoms with Crippen LogP contribution in [-0.2, 0) is 0 Å². The molecule has 0 bridgehead atoms. The Bertz CT molecular complexity index is 400. The number of hydrogen-bond acceptors (Lipinski definition) is 2. The zero-order valence-electron chi connectivity index (χ0n) is 14.6. The van der Waals surface area contributed by atoms with Gasteiger partial charge in [0.05, 0.1) is 0 Å². The van der Waals surface area contributed by atoms with Gasteiger partial charge in [-0.25, -0.2) is 0 Å². The molecule has 4 rings (SSSR count). The predicted molar refractivity (Wildman–Crippen MR) is 88.3 cm³/mol. The fourth-order valence-electron chi connectivity index (χ4n) is 6.12. The van der Waals surface area contributed by atoms with Gasteiger partial charge in [-0.2, -0.15) is 0 Å². The van der Waals surface area contributed by atoms with Crippen molar-refractivity contribution in [1.29, 1.82) is 0 Å². The van der Waals surface area contributed by atoms with Gasteiger partial charge in [0.1, 0.15) is 0 Å². The highest BCUT2D eigenvalue weighted by molar-refractivity contribution is 5.19.